The third-order valence-electron chi connectivity index (χ3n) is 3.68. The molecule has 0 aliphatic heterocycles. The Morgan fingerprint density at radius 1 is 1.32 bits per heavy atom. The molecule has 106 valence electrons. The van der Waals surface area contributed by atoms with E-state index in [2.05, 4.69) is 12.2 Å². The molecule has 1 N–H and O–H groups in total. The Bertz CT molecular complexity index is 427. The molecule has 3 nitrogen and oxygen atoms in total. The molecule has 0 heterocycles. The number of hydrogen-bond donors (Lipinski definition) is 1. The van der Waals surface area contributed by atoms with Crippen LogP contribution < -0.4 is 10.1 Å². The van der Waals surface area contributed by atoms with Gasteiger partial charge in [0.2, 0.25) is 0 Å². The van der Waals surface area contributed by atoms with Crippen molar-refractivity contribution in [1.29, 1.82) is 0 Å². The van der Waals surface area contributed by atoms with E-state index in [1.165, 1.54) is 0 Å². The third kappa shape index (κ3) is 3.04. The van der Waals surface area contributed by atoms with Gasteiger partial charge in [0.15, 0.2) is 0 Å². The standard InChI is InChI=1S/C15H22ClNO2/c1-5-17-12-8-13(15(12)18-4)19-14-9(2)6-11(16)7-10(14)3/h6-7,12-13,15,17H,5,8H2,1-4H3. The van der Waals surface area contributed by atoms with E-state index in [9.17, 15) is 0 Å². The summed E-state index contributed by atoms with van der Waals surface area (Å²) in [4.78, 5) is 0. The topological polar surface area (TPSA) is 30.5 Å². The van der Waals surface area contributed by atoms with E-state index in [4.69, 9.17) is 21.1 Å². The second-order valence-corrected chi connectivity index (χ2v) is 5.56. The lowest BCUT2D eigenvalue weighted by molar-refractivity contribution is -0.0887. The van der Waals surface area contributed by atoms with E-state index in [0.29, 0.717) is 6.04 Å². The molecule has 1 aromatic rings. The Labute approximate surface area is 120 Å². The highest BCUT2D eigenvalue weighted by atomic mass is 35.5. The molecule has 1 aliphatic rings. The maximum Gasteiger partial charge on any atom is 0.128 e. The average Bonchev–Trinajstić information content (AvgIpc) is 2.31. The van der Waals surface area contributed by atoms with Crippen LogP contribution in [0.3, 0.4) is 0 Å². The number of nitrogens with one attached hydrogen (secondary N) is 1. The van der Waals surface area contributed by atoms with Gasteiger partial charge in [-0.05, 0) is 43.7 Å². The zero-order chi connectivity index (χ0) is 14.0. The smallest absolute Gasteiger partial charge is 0.128 e. The highest BCUT2D eigenvalue weighted by molar-refractivity contribution is 6.30. The molecule has 1 fully saturated rings. The van der Waals surface area contributed by atoms with E-state index in [1.807, 2.05) is 26.0 Å². The third-order valence-corrected chi connectivity index (χ3v) is 3.90. The molecule has 3 unspecified atom stereocenters. The number of aryl methyl sites for hydroxylation is 2. The van der Waals surface area contributed by atoms with Crippen molar-refractivity contribution < 1.29 is 9.47 Å². The number of benzene rings is 1. The fraction of sp³-hybridized carbons (Fsp3) is 0.600. The Morgan fingerprint density at radius 2 is 1.95 bits per heavy atom. The quantitative estimate of drug-likeness (QED) is 0.901. The summed E-state index contributed by atoms with van der Waals surface area (Å²) in [6.07, 6.45) is 1.22. The van der Waals surface area contributed by atoms with Gasteiger partial charge in [-0.2, -0.15) is 0 Å². The van der Waals surface area contributed by atoms with E-state index >= 15 is 0 Å². The van der Waals surface area contributed by atoms with Crippen molar-refractivity contribution in [3.05, 3.63) is 28.3 Å². The fourth-order valence-corrected chi connectivity index (χ4v) is 3.04. The second-order valence-electron chi connectivity index (χ2n) is 5.13. The van der Waals surface area contributed by atoms with Crippen molar-refractivity contribution in [2.75, 3.05) is 13.7 Å². The average molecular weight is 284 g/mol. The fourth-order valence-electron chi connectivity index (χ4n) is 2.71. The molecule has 19 heavy (non-hydrogen) atoms. The summed E-state index contributed by atoms with van der Waals surface area (Å²) in [5.41, 5.74) is 2.15. The van der Waals surface area contributed by atoms with Crippen LogP contribution in [0.5, 0.6) is 5.75 Å². The van der Waals surface area contributed by atoms with Gasteiger partial charge in [-0.25, -0.2) is 0 Å². The monoisotopic (exact) mass is 283 g/mol. The van der Waals surface area contributed by atoms with Crippen molar-refractivity contribution in [2.45, 2.75) is 45.4 Å². The van der Waals surface area contributed by atoms with Crippen LogP contribution in [0.4, 0.5) is 0 Å². The van der Waals surface area contributed by atoms with E-state index < -0.39 is 0 Å². The Morgan fingerprint density at radius 3 is 2.47 bits per heavy atom. The van der Waals surface area contributed by atoms with Crippen LogP contribution in [0, 0.1) is 13.8 Å². The number of ether oxygens (including phenoxy) is 2. The maximum absolute atomic E-state index is 6.12. The minimum Gasteiger partial charge on any atom is -0.487 e. The number of likely N-dealkylation sites (N-methyl/N-ethyl adjacent to an activating group) is 1. The first-order chi connectivity index (χ1) is 9.06. The minimum absolute atomic E-state index is 0.118. The van der Waals surface area contributed by atoms with Gasteiger partial charge in [0.25, 0.3) is 0 Å². The van der Waals surface area contributed by atoms with Gasteiger partial charge in [0.1, 0.15) is 18.0 Å². The molecule has 1 aromatic carbocycles. The van der Waals surface area contributed by atoms with Gasteiger partial charge in [0.05, 0.1) is 0 Å². The first-order valence-corrected chi connectivity index (χ1v) is 7.14. The van der Waals surface area contributed by atoms with Crippen LogP contribution >= 0.6 is 11.6 Å². The molecule has 0 aromatic heterocycles. The van der Waals surface area contributed by atoms with Crippen molar-refractivity contribution in [2.24, 2.45) is 0 Å². The van der Waals surface area contributed by atoms with E-state index in [0.717, 1.165) is 34.9 Å². The molecule has 0 saturated heterocycles. The van der Waals surface area contributed by atoms with E-state index in [-0.39, 0.29) is 12.2 Å². The van der Waals surface area contributed by atoms with Gasteiger partial charge in [-0.15, -0.1) is 0 Å². The molecule has 0 bridgehead atoms. The summed E-state index contributed by atoms with van der Waals surface area (Å²) < 4.78 is 11.6. The molecule has 0 spiro atoms. The molecule has 0 amide bonds. The van der Waals surface area contributed by atoms with Crippen molar-refractivity contribution in [3.8, 4) is 5.75 Å². The van der Waals surface area contributed by atoms with Crippen LogP contribution in [-0.2, 0) is 4.74 Å². The minimum atomic E-state index is 0.118. The highest BCUT2D eigenvalue weighted by Crippen LogP contribution is 2.33. The number of methoxy groups -OCH3 is 1. The zero-order valence-corrected chi connectivity index (χ0v) is 12.8. The zero-order valence-electron chi connectivity index (χ0n) is 12.0. The van der Waals surface area contributed by atoms with Crippen molar-refractivity contribution in [1.82, 2.24) is 5.32 Å². The summed E-state index contributed by atoms with van der Waals surface area (Å²) in [7, 11) is 1.74. The lowest BCUT2D eigenvalue weighted by Gasteiger charge is -2.43. The Kier molecular flexibility index (Phi) is 4.71. The summed E-state index contributed by atoms with van der Waals surface area (Å²) in [6.45, 7) is 7.11. The first kappa shape index (κ1) is 14.6. The summed E-state index contributed by atoms with van der Waals surface area (Å²) in [5.74, 6) is 0.936. The van der Waals surface area contributed by atoms with E-state index in [1.54, 1.807) is 7.11 Å². The van der Waals surface area contributed by atoms with Gasteiger partial charge in [-0.1, -0.05) is 18.5 Å². The highest BCUT2D eigenvalue weighted by Gasteiger charge is 2.43. The molecule has 3 atom stereocenters. The molecule has 0 radical (unpaired) electrons. The summed E-state index contributed by atoms with van der Waals surface area (Å²) >= 11 is 6.04. The lowest BCUT2D eigenvalue weighted by Crippen LogP contribution is -2.61. The summed E-state index contributed by atoms with van der Waals surface area (Å²) in [6, 6.07) is 4.27. The Hall–Kier alpha value is -0.770. The number of rotatable bonds is 5. The lowest BCUT2D eigenvalue weighted by atomic mass is 9.85. The molecule has 1 saturated carbocycles. The predicted octanol–water partition coefficient (Wildman–Crippen LogP) is 3.10. The van der Waals surface area contributed by atoms with Gasteiger partial charge < -0.3 is 14.8 Å². The van der Waals surface area contributed by atoms with Gasteiger partial charge in [-0.3, -0.25) is 0 Å². The molecular weight excluding hydrogens is 262 g/mol. The second kappa shape index (κ2) is 6.12. The van der Waals surface area contributed by atoms with Gasteiger partial charge in [0, 0.05) is 24.6 Å². The summed E-state index contributed by atoms with van der Waals surface area (Å²) in [5, 5.41) is 4.17. The van der Waals surface area contributed by atoms with Crippen LogP contribution in [0.1, 0.15) is 24.5 Å². The molecule has 1 aliphatic carbocycles. The van der Waals surface area contributed by atoms with Crippen molar-refractivity contribution in [3.63, 3.8) is 0 Å². The number of halogens is 1. The Balaban J connectivity index is 2.07. The van der Waals surface area contributed by atoms with Crippen LogP contribution in [0.2, 0.25) is 5.02 Å². The maximum atomic E-state index is 6.12. The SMILES string of the molecule is CCNC1CC(Oc2c(C)cc(Cl)cc2C)C1OC. The molecule has 4 heteroatoms. The first-order valence-electron chi connectivity index (χ1n) is 6.76. The predicted molar refractivity (Wildman–Crippen MR) is 78.2 cm³/mol. The molecule has 2 rings (SSSR count). The molecular formula is C15H22ClNO2. The van der Waals surface area contributed by atoms with Crippen molar-refractivity contribution >= 4 is 11.6 Å². The van der Waals surface area contributed by atoms with Crippen LogP contribution in [0.15, 0.2) is 12.1 Å². The normalized spacial score (nSPS) is 26.1. The van der Waals surface area contributed by atoms with Gasteiger partial charge >= 0.3 is 0 Å². The number of hydrogen-bond acceptors (Lipinski definition) is 3. The van der Waals surface area contributed by atoms with Crippen LogP contribution in [0.25, 0.3) is 0 Å². The largest absolute Gasteiger partial charge is 0.487 e. The van der Waals surface area contributed by atoms with Crippen LogP contribution in [-0.4, -0.2) is 31.9 Å².